The molecule has 1 aliphatic heterocycles. The van der Waals surface area contributed by atoms with Crippen molar-refractivity contribution < 1.29 is 4.74 Å². The molecule has 2 heterocycles. The van der Waals surface area contributed by atoms with E-state index in [1.165, 1.54) is 12.8 Å². The van der Waals surface area contributed by atoms with Gasteiger partial charge in [-0.1, -0.05) is 6.92 Å². The Hall–Kier alpha value is -1.29. The zero-order chi connectivity index (χ0) is 12.8. The van der Waals surface area contributed by atoms with Gasteiger partial charge < -0.3 is 15.0 Å². The van der Waals surface area contributed by atoms with E-state index in [1.54, 1.807) is 7.11 Å². The van der Waals surface area contributed by atoms with E-state index in [9.17, 15) is 0 Å². The molecule has 0 saturated carbocycles. The van der Waals surface area contributed by atoms with Crippen molar-refractivity contribution in [2.75, 3.05) is 38.2 Å². The Morgan fingerprint density at radius 2 is 2.44 bits per heavy atom. The first-order valence-electron chi connectivity index (χ1n) is 6.79. The van der Waals surface area contributed by atoms with Crippen LogP contribution in [0.2, 0.25) is 0 Å². The highest BCUT2D eigenvalue weighted by atomic mass is 16.5. The van der Waals surface area contributed by atoms with Crippen LogP contribution in [0.25, 0.3) is 0 Å². The number of ether oxygens (including phenoxy) is 1. The Morgan fingerprint density at radius 3 is 3.22 bits per heavy atom. The minimum absolute atomic E-state index is 0.713. The largest absolute Gasteiger partial charge is 0.493 e. The molecule has 4 heteroatoms. The number of nitrogens with one attached hydrogen (secondary N) is 1. The van der Waals surface area contributed by atoms with Crippen LogP contribution in [0.5, 0.6) is 5.75 Å². The van der Waals surface area contributed by atoms with Gasteiger partial charge in [0.05, 0.1) is 7.11 Å². The lowest BCUT2D eigenvalue weighted by Gasteiger charge is -2.34. The fourth-order valence-electron chi connectivity index (χ4n) is 2.55. The molecule has 0 aromatic carbocycles. The summed E-state index contributed by atoms with van der Waals surface area (Å²) in [7, 11) is 1.71. The van der Waals surface area contributed by atoms with Gasteiger partial charge in [-0.25, -0.2) is 4.98 Å². The lowest BCUT2D eigenvalue weighted by Crippen LogP contribution is -2.40. The zero-order valence-corrected chi connectivity index (χ0v) is 11.4. The van der Waals surface area contributed by atoms with Crippen molar-refractivity contribution >= 4 is 5.82 Å². The van der Waals surface area contributed by atoms with Crippen molar-refractivity contribution in [2.45, 2.75) is 19.8 Å². The normalized spacial score (nSPS) is 19.9. The fraction of sp³-hybridized carbons (Fsp3) is 0.643. The molecule has 2 rings (SSSR count). The third-order valence-electron chi connectivity index (χ3n) is 3.47. The van der Waals surface area contributed by atoms with Crippen LogP contribution in [-0.2, 0) is 0 Å². The van der Waals surface area contributed by atoms with Crippen LogP contribution in [0, 0.1) is 5.92 Å². The minimum Gasteiger partial charge on any atom is -0.493 e. The van der Waals surface area contributed by atoms with E-state index >= 15 is 0 Å². The highest BCUT2D eigenvalue weighted by Crippen LogP contribution is 2.28. The summed E-state index contributed by atoms with van der Waals surface area (Å²) in [5.74, 6) is 2.58. The molecule has 0 bridgehead atoms. The van der Waals surface area contributed by atoms with Crippen molar-refractivity contribution in [1.29, 1.82) is 0 Å². The maximum absolute atomic E-state index is 5.40. The number of anilines is 1. The Morgan fingerprint density at radius 1 is 1.56 bits per heavy atom. The van der Waals surface area contributed by atoms with E-state index in [2.05, 4.69) is 22.1 Å². The third kappa shape index (κ3) is 3.13. The Balaban J connectivity index is 2.03. The van der Waals surface area contributed by atoms with Gasteiger partial charge in [-0.2, -0.15) is 0 Å². The van der Waals surface area contributed by atoms with E-state index in [0.717, 1.165) is 37.7 Å². The molecule has 1 fully saturated rings. The van der Waals surface area contributed by atoms with Gasteiger partial charge in [-0.3, -0.25) is 0 Å². The number of piperidine rings is 1. The molecule has 1 unspecified atom stereocenters. The van der Waals surface area contributed by atoms with Crippen LogP contribution in [0.15, 0.2) is 18.3 Å². The van der Waals surface area contributed by atoms with Gasteiger partial charge in [0.25, 0.3) is 0 Å². The Labute approximate surface area is 109 Å². The lowest BCUT2D eigenvalue weighted by molar-refractivity contribution is 0.382. The summed E-state index contributed by atoms with van der Waals surface area (Å²) < 4.78 is 5.40. The first-order chi connectivity index (χ1) is 8.85. The smallest absolute Gasteiger partial charge is 0.171 e. The van der Waals surface area contributed by atoms with E-state index in [-0.39, 0.29) is 0 Å². The van der Waals surface area contributed by atoms with E-state index in [4.69, 9.17) is 4.74 Å². The molecular formula is C14H23N3O. The number of hydrogen-bond donors (Lipinski definition) is 1. The maximum Gasteiger partial charge on any atom is 0.171 e. The molecule has 1 aliphatic rings. The van der Waals surface area contributed by atoms with Crippen LogP contribution in [0.3, 0.4) is 0 Å². The third-order valence-corrected chi connectivity index (χ3v) is 3.47. The summed E-state index contributed by atoms with van der Waals surface area (Å²) >= 11 is 0. The number of nitrogens with zero attached hydrogens (tertiary/aromatic N) is 2. The molecule has 4 nitrogen and oxygen atoms in total. The predicted molar refractivity (Wildman–Crippen MR) is 74.3 cm³/mol. The van der Waals surface area contributed by atoms with Crippen molar-refractivity contribution in [1.82, 2.24) is 10.3 Å². The molecule has 18 heavy (non-hydrogen) atoms. The first kappa shape index (κ1) is 13.1. The van der Waals surface area contributed by atoms with E-state index in [1.807, 2.05) is 18.3 Å². The molecule has 0 amide bonds. The average molecular weight is 249 g/mol. The Bertz CT molecular complexity index is 370. The number of pyridine rings is 1. The second-order valence-corrected chi connectivity index (χ2v) is 4.79. The minimum atomic E-state index is 0.713. The van der Waals surface area contributed by atoms with Gasteiger partial charge in [0.2, 0.25) is 0 Å². The predicted octanol–water partition coefficient (Wildman–Crippen LogP) is 1.92. The molecule has 1 atom stereocenters. The molecule has 0 radical (unpaired) electrons. The monoisotopic (exact) mass is 249 g/mol. The molecule has 1 aromatic heterocycles. The molecule has 1 saturated heterocycles. The van der Waals surface area contributed by atoms with E-state index in [0.29, 0.717) is 5.92 Å². The summed E-state index contributed by atoms with van der Waals surface area (Å²) in [6.07, 6.45) is 4.38. The van der Waals surface area contributed by atoms with Crippen LogP contribution < -0.4 is 15.0 Å². The molecule has 100 valence electrons. The van der Waals surface area contributed by atoms with Gasteiger partial charge in [0.15, 0.2) is 11.6 Å². The maximum atomic E-state index is 5.40. The topological polar surface area (TPSA) is 37.4 Å². The van der Waals surface area contributed by atoms with Gasteiger partial charge in [-0.15, -0.1) is 0 Å². The van der Waals surface area contributed by atoms with Gasteiger partial charge >= 0.3 is 0 Å². The van der Waals surface area contributed by atoms with Crippen molar-refractivity contribution in [3.63, 3.8) is 0 Å². The zero-order valence-electron chi connectivity index (χ0n) is 11.4. The quantitative estimate of drug-likeness (QED) is 0.865. The second-order valence-electron chi connectivity index (χ2n) is 4.79. The van der Waals surface area contributed by atoms with Gasteiger partial charge in [0.1, 0.15) is 0 Å². The number of rotatable bonds is 5. The van der Waals surface area contributed by atoms with Crippen LogP contribution >= 0.6 is 0 Å². The highest BCUT2D eigenvalue weighted by molar-refractivity contribution is 5.52. The summed E-state index contributed by atoms with van der Waals surface area (Å²) in [6, 6.07) is 3.90. The molecule has 1 aromatic rings. The SMILES string of the molecule is CCNCC1CCCN(c2ncccc2OC)C1. The Kier molecular flexibility index (Phi) is 4.81. The van der Waals surface area contributed by atoms with Crippen LogP contribution in [0.4, 0.5) is 5.82 Å². The van der Waals surface area contributed by atoms with E-state index < -0.39 is 0 Å². The van der Waals surface area contributed by atoms with Crippen LogP contribution in [-0.4, -0.2) is 38.3 Å². The molecule has 0 spiro atoms. The summed E-state index contributed by atoms with van der Waals surface area (Å²) in [5.41, 5.74) is 0. The summed E-state index contributed by atoms with van der Waals surface area (Å²) in [5, 5.41) is 3.44. The average Bonchev–Trinajstić information content (AvgIpc) is 2.45. The fourth-order valence-corrected chi connectivity index (χ4v) is 2.55. The number of hydrogen-bond acceptors (Lipinski definition) is 4. The first-order valence-corrected chi connectivity index (χ1v) is 6.79. The standard InChI is InChI=1S/C14H23N3O/c1-3-15-10-12-6-5-9-17(11-12)14-13(18-2)7-4-8-16-14/h4,7-8,12,15H,3,5-6,9-11H2,1-2H3. The van der Waals surface area contributed by atoms with Crippen LogP contribution in [0.1, 0.15) is 19.8 Å². The molecular weight excluding hydrogens is 226 g/mol. The van der Waals surface area contributed by atoms with Crippen molar-refractivity contribution in [3.05, 3.63) is 18.3 Å². The highest BCUT2D eigenvalue weighted by Gasteiger charge is 2.22. The number of methoxy groups -OCH3 is 1. The van der Waals surface area contributed by atoms with Gasteiger partial charge in [-0.05, 0) is 44.0 Å². The summed E-state index contributed by atoms with van der Waals surface area (Å²) in [4.78, 5) is 6.82. The van der Waals surface area contributed by atoms with Crippen molar-refractivity contribution in [2.24, 2.45) is 5.92 Å². The number of aromatic nitrogens is 1. The summed E-state index contributed by atoms with van der Waals surface area (Å²) in [6.45, 7) is 6.45. The lowest BCUT2D eigenvalue weighted by atomic mass is 9.98. The van der Waals surface area contributed by atoms with Gasteiger partial charge in [0, 0.05) is 19.3 Å². The second kappa shape index (κ2) is 6.59. The molecule has 0 aliphatic carbocycles. The molecule has 1 N–H and O–H groups in total. The van der Waals surface area contributed by atoms with Crippen molar-refractivity contribution in [3.8, 4) is 5.75 Å².